The first-order chi connectivity index (χ1) is 13.8. The van der Waals surface area contributed by atoms with Crippen LogP contribution in [0.1, 0.15) is 21.5 Å². The summed E-state index contributed by atoms with van der Waals surface area (Å²) in [5, 5.41) is 2.59. The summed E-state index contributed by atoms with van der Waals surface area (Å²) in [6.07, 6.45) is 1.29. The summed E-state index contributed by atoms with van der Waals surface area (Å²) >= 11 is 5.18. The number of esters is 1. The van der Waals surface area contributed by atoms with Gasteiger partial charge in [0.1, 0.15) is 0 Å². The van der Waals surface area contributed by atoms with Gasteiger partial charge in [-0.2, -0.15) is 0 Å². The van der Waals surface area contributed by atoms with Crippen LogP contribution in [0.5, 0.6) is 0 Å². The van der Waals surface area contributed by atoms with Crippen molar-refractivity contribution in [2.75, 3.05) is 12.0 Å². The maximum Gasteiger partial charge on any atom is 0.337 e. The number of carbonyl (C=O) groups excluding carboxylic acids is 3. The van der Waals surface area contributed by atoms with E-state index in [0.717, 1.165) is 5.56 Å². The Morgan fingerprint density at radius 2 is 1.86 bits per heavy atom. The fourth-order valence-corrected chi connectivity index (χ4v) is 3.16. The zero-order valence-electron chi connectivity index (χ0n) is 16.1. The van der Waals surface area contributed by atoms with Gasteiger partial charge >= 0.3 is 5.97 Å². The van der Waals surface area contributed by atoms with E-state index in [0.29, 0.717) is 22.5 Å². The number of nitrogens with one attached hydrogen (secondary N) is 1. The second-order valence-electron chi connectivity index (χ2n) is 6.55. The highest BCUT2D eigenvalue weighted by Gasteiger charge is 2.38. The number of rotatable bonds is 4. The van der Waals surface area contributed by atoms with Gasteiger partial charge in [0, 0.05) is 6.21 Å². The molecule has 7 nitrogen and oxygen atoms in total. The molecule has 1 saturated heterocycles. The average molecular weight is 409 g/mol. The van der Waals surface area contributed by atoms with Crippen LogP contribution in [-0.2, 0) is 14.3 Å². The van der Waals surface area contributed by atoms with E-state index in [1.54, 1.807) is 37.3 Å². The number of ether oxygens (including phenoxy) is 1. The third kappa shape index (κ3) is 4.22. The monoisotopic (exact) mass is 409 g/mol. The summed E-state index contributed by atoms with van der Waals surface area (Å²) in [4.78, 5) is 42.5. The maximum atomic E-state index is 12.9. The molecule has 2 aromatic carbocycles. The van der Waals surface area contributed by atoms with Crippen molar-refractivity contribution >= 4 is 52.7 Å². The minimum absolute atomic E-state index is 0.0344. The highest BCUT2D eigenvalue weighted by atomic mass is 32.1. The quantitative estimate of drug-likeness (QED) is 0.363. The third-order valence-electron chi connectivity index (χ3n) is 4.47. The fourth-order valence-electron chi connectivity index (χ4n) is 2.86. The van der Waals surface area contributed by atoms with E-state index in [-0.39, 0.29) is 5.11 Å². The molecule has 1 heterocycles. The minimum atomic E-state index is -1.12. The van der Waals surface area contributed by atoms with E-state index in [1.165, 1.54) is 18.2 Å². The number of thiocarbonyl (C=S) groups is 1. The van der Waals surface area contributed by atoms with Gasteiger partial charge in [0.15, 0.2) is 11.0 Å². The smallest absolute Gasteiger partial charge is 0.337 e. The highest BCUT2D eigenvalue weighted by molar-refractivity contribution is 7.80. The normalized spacial score (nSPS) is 16.9. The van der Waals surface area contributed by atoms with Gasteiger partial charge in [0.2, 0.25) is 5.91 Å². The standard InChI is InChI=1S/C21H19N3O4S/c1-12-4-7-15(8-5-12)24-19(26)16(18(25)23-21(24)29)11-22-17-9-6-14(10-13(17)2)20(27)28-3/h4-11,16H,1-3H3,(H,23,25,29)/t16-/m0/s1. The Hall–Kier alpha value is -3.39. The van der Waals surface area contributed by atoms with Gasteiger partial charge in [-0.05, 0) is 62.0 Å². The Balaban J connectivity index is 1.87. The molecule has 29 heavy (non-hydrogen) atoms. The van der Waals surface area contributed by atoms with Gasteiger partial charge < -0.3 is 10.1 Å². The van der Waals surface area contributed by atoms with Crippen molar-refractivity contribution in [3.63, 3.8) is 0 Å². The van der Waals surface area contributed by atoms with Gasteiger partial charge in [-0.3, -0.25) is 19.5 Å². The fraction of sp³-hybridized carbons (Fsp3) is 0.190. The summed E-state index contributed by atoms with van der Waals surface area (Å²) in [6, 6.07) is 12.1. The van der Waals surface area contributed by atoms with Crippen LogP contribution in [0.15, 0.2) is 47.5 Å². The molecule has 0 aliphatic carbocycles. The number of anilines is 1. The largest absolute Gasteiger partial charge is 0.465 e. The van der Waals surface area contributed by atoms with Crippen molar-refractivity contribution in [3.8, 4) is 0 Å². The van der Waals surface area contributed by atoms with E-state index in [9.17, 15) is 14.4 Å². The molecular weight excluding hydrogens is 390 g/mol. The molecule has 0 spiro atoms. The van der Waals surface area contributed by atoms with Crippen LogP contribution in [0, 0.1) is 19.8 Å². The summed E-state index contributed by atoms with van der Waals surface area (Å²) < 4.78 is 4.69. The lowest BCUT2D eigenvalue weighted by molar-refractivity contribution is -0.130. The van der Waals surface area contributed by atoms with Gasteiger partial charge in [-0.1, -0.05) is 17.7 Å². The van der Waals surface area contributed by atoms with E-state index in [2.05, 4.69) is 10.3 Å². The van der Waals surface area contributed by atoms with Crippen LogP contribution in [0.4, 0.5) is 11.4 Å². The molecule has 0 unspecified atom stereocenters. The molecular formula is C21H19N3O4S. The number of carbonyl (C=O) groups is 3. The second-order valence-corrected chi connectivity index (χ2v) is 6.94. The SMILES string of the molecule is COC(=O)c1ccc(N=C[C@H]2C(=O)NC(=S)N(c3ccc(C)cc3)C2=O)c(C)c1. The molecule has 1 aliphatic heterocycles. The molecule has 0 saturated carbocycles. The van der Waals surface area contributed by atoms with E-state index in [1.807, 2.05) is 19.1 Å². The predicted octanol–water partition coefficient (Wildman–Crippen LogP) is 2.86. The Labute approximate surface area is 173 Å². The number of amides is 2. The number of aliphatic imine (C=N–C) groups is 1. The number of nitrogens with zero attached hydrogens (tertiary/aromatic N) is 2. The maximum absolute atomic E-state index is 12.9. The molecule has 1 fully saturated rings. The second kappa shape index (κ2) is 8.32. The zero-order chi connectivity index (χ0) is 21.1. The summed E-state index contributed by atoms with van der Waals surface area (Å²) in [5.41, 5.74) is 3.25. The van der Waals surface area contributed by atoms with Crippen LogP contribution >= 0.6 is 12.2 Å². The molecule has 1 atom stereocenters. The Morgan fingerprint density at radius 1 is 1.17 bits per heavy atom. The van der Waals surface area contributed by atoms with Crippen molar-refractivity contribution in [3.05, 3.63) is 59.2 Å². The first-order valence-electron chi connectivity index (χ1n) is 8.80. The number of hydrogen-bond donors (Lipinski definition) is 1. The first-order valence-corrected chi connectivity index (χ1v) is 9.21. The molecule has 8 heteroatoms. The van der Waals surface area contributed by atoms with E-state index in [4.69, 9.17) is 17.0 Å². The first kappa shape index (κ1) is 20.3. The van der Waals surface area contributed by atoms with Crippen LogP contribution in [0.3, 0.4) is 0 Å². The lowest BCUT2D eigenvalue weighted by Crippen LogP contribution is -2.58. The summed E-state index contributed by atoms with van der Waals surface area (Å²) in [6.45, 7) is 3.71. The lowest BCUT2D eigenvalue weighted by Gasteiger charge is -2.31. The molecule has 0 bridgehead atoms. The molecule has 3 rings (SSSR count). The molecule has 2 aromatic rings. The topological polar surface area (TPSA) is 88.1 Å². The number of aryl methyl sites for hydroxylation is 2. The van der Waals surface area contributed by atoms with Crippen LogP contribution in [-0.4, -0.2) is 36.2 Å². The van der Waals surface area contributed by atoms with E-state index >= 15 is 0 Å². The Kier molecular flexibility index (Phi) is 5.84. The van der Waals surface area contributed by atoms with Gasteiger partial charge in [-0.25, -0.2) is 4.79 Å². The van der Waals surface area contributed by atoms with Crippen LogP contribution in [0.25, 0.3) is 0 Å². The minimum Gasteiger partial charge on any atom is -0.465 e. The molecule has 148 valence electrons. The Bertz CT molecular complexity index is 1030. The molecule has 1 aliphatic rings. The van der Waals surface area contributed by atoms with Crippen LogP contribution in [0.2, 0.25) is 0 Å². The molecule has 2 amide bonds. The predicted molar refractivity (Wildman–Crippen MR) is 114 cm³/mol. The molecule has 0 aromatic heterocycles. The van der Waals surface area contributed by atoms with E-state index < -0.39 is 23.7 Å². The lowest BCUT2D eigenvalue weighted by atomic mass is 10.1. The molecule has 0 radical (unpaired) electrons. The van der Waals surface area contributed by atoms with Crippen molar-refractivity contribution in [2.45, 2.75) is 13.8 Å². The van der Waals surface area contributed by atoms with Crippen LogP contribution < -0.4 is 10.2 Å². The summed E-state index contributed by atoms with van der Waals surface area (Å²) in [5.74, 6) is -2.58. The number of methoxy groups -OCH3 is 1. The van der Waals surface area contributed by atoms with Crippen molar-refractivity contribution in [2.24, 2.45) is 10.9 Å². The van der Waals surface area contributed by atoms with Gasteiger partial charge in [0.05, 0.1) is 24.0 Å². The Morgan fingerprint density at radius 3 is 2.48 bits per heavy atom. The van der Waals surface area contributed by atoms with Crippen molar-refractivity contribution < 1.29 is 19.1 Å². The van der Waals surface area contributed by atoms with Gasteiger partial charge in [0.25, 0.3) is 5.91 Å². The van der Waals surface area contributed by atoms with Crippen molar-refractivity contribution in [1.29, 1.82) is 0 Å². The van der Waals surface area contributed by atoms with Crippen molar-refractivity contribution in [1.82, 2.24) is 5.32 Å². The number of hydrogen-bond acceptors (Lipinski definition) is 6. The zero-order valence-corrected chi connectivity index (χ0v) is 16.9. The average Bonchev–Trinajstić information content (AvgIpc) is 2.69. The molecule has 1 N–H and O–H groups in total. The number of benzene rings is 2. The summed E-state index contributed by atoms with van der Waals surface area (Å²) in [7, 11) is 1.31. The third-order valence-corrected chi connectivity index (χ3v) is 4.76. The highest BCUT2D eigenvalue weighted by Crippen LogP contribution is 2.23. The van der Waals surface area contributed by atoms with Gasteiger partial charge in [-0.15, -0.1) is 0 Å².